The van der Waals surface area contributed by atoms with Gasteiger partial charge >= 0.3 is 6.03 Å². The number of nitrogens with zero attached hydrogens (tertiary/aromatic N) is 3. The number of aryl methyl sites for hydroxylation is 2. The molecule has 1 aromatic heterocycles. The normalized spacial score (nSPS) is 18.8. The first-order valence-electron chi connectivity index (χ1n) is 14.4. The number of amides is 3. The quantitative estimate of drug-likeness (QED) is 0.331. The molecule has 0 unspecified atom stereocenters. The Morgan fingerprint density at radius 2 is 1.78 bits per heavy atom. The molecule has 0 radical (unpaired) electrons. The Balaban J connectivity index is 1.40. The molecule has 0 spiro atoms. The summed E-state index contributed by atoms with van der Waals surface area (Å²) in [5.41, 5.74) is 1.65. The van der Waals surface area contributed by atoms with Gasteiger partial charge in [-0.2, -0.15) is 4.31 Å². The van der Waals surface area contributed by atoms with E-state index in [0.29, 0.717) is 34.2 Å². The van der Waals surface area contributed by atoms with Gasteiger partial charge in [0.05, 0.1) is 25.6 Å². The second-order valence-electron chi connectivity index (χ2n) is 11.3. The molecule has 3 N–H and O–H groups in total. The summed E-state index contributed by atoms with van der Waals surface area (Å²) in [5, 5.41) is 19.2. The van der Waals surface area contributed by atoms with E-state index < -0.39 is 28.2 Å². The largest absolute Gasteiger partial charge is 0.488 e. The number of nitrogens with one attached hydrogen (secondary N) is 2. The van der Waals surface area contributed by atoms with Crippen LogP contribution < -0.4 is 24.8 Å². The molecule has 3 atom stereocenters. The summed E-state index contributed by atoms with van der Waals surface area (Å²) < 4.78 is 50.4. The lowest BCUT2D eigenvalue weighted by Gasteiger charge is -2.33. The summed E-state index contributed by atoms with van der Waals surface area (Å²) >= 11 is 0. The van der Waals surface area contributed by atoms with Gasteiger partial charge in [0, 0.05) is 42.5 Å². The van der Waals surface area contributed by atoms with Crippen molar-refractivity contribution in [2.24, 2.45) is 5.92 Å². The molecule has 242 valence electrons. The number of aromatic nitrogens is 1. The molecule has 2 aliphatic heterocycles. The number of ether oxygens (including phenoxy) is 3. The zero-order valence-corrected chi connectivity index (χ0v) is 26.5. The number of fused-ring (bicyclic) bond motifs is 2. The van der Waals surface area contributed by atoms with Gasteiger partial charge in [-0.25, -0.2) is 13.2 Å². The molecule has 3 heterocycles. The predicted molar refractivity (Wildman–Crippen MR) is 163 cm³/mol. The number of likely N-dealkylation sites (N-methyl/N-ethyl adjacent to an activating group) is 1. The number of hydrogen-bond acceptors (Lipinski definition) is 10. The lowest BCUT2D eigenvalue weighted by Crippen LogP contribution is -2.48. The van der Waals surface area contributed by atoms with Crippen LogP contribution in [0.3, 0.4) is 0 Å². The molecule has 15 heteroatoms. The Labute approximate surface area is 261 Å². The van der Waals surface area contributed by atoms with Gasteiger partial charge in [0.2, 0.25) is 22.7 Å². The molecule has 0 bridgehead atoms. The second kappa shape index (κ2) is 12.9. The fourth-order valence-electron chi connectivity index (χ4n) is 5.34. The van der Waals surface area contributed by atoms with E-state index in [1.165, 1.54) is 18.3 Å². The molecular formula is C30H37N5O9S. The number of aliphatic hydroxyl groups is 1. The highest BCUT2D eigenvalue weighted by Crippen LogP contribution is 2.35. The van der Waals surface area contributed by atoms with Crippen LogP contribution in [-0.2, 0) is 21.2 Å². The molecule has 2 aromatic carbocycles. The fraction of sp³-hybridized carbons (Fsp3) is 0.433. The number of carbonyl (C=O) groups excluding carboxylic acids is 2. The van der Waals surface area contributed by atoms with Crippen LogP contribution in [0.15, 0.2) is 45.8 Å². The standard InChI is InChI=1S/C30H37N5O9S/c1-17-13-35(18(2)15-36)28(37)11-21-10-22(31-30(38)32-23-7-9-25-26(12-23)42-16-41-25)6-8-24(21)43-27(17)14-34(5)45(39,40)29-19(3)33-44-20(29)4/h6-10,12,17-18,27,36H,11,13-16H2,1-5H3,(H2,31,32,38)/t17-,18-,27+/m1/s1. The van der Waals surface area contributed by atoms with Gasteiger partial charge in [0.25, 0.3) is 0 Å². The van der Waals surface area contributed by atoms with Gasteiger partial charge in [-0.3, -0.25) is 4.79 Å². The van der Waals surface area contributed by atoms with Gasteiger partial charge < -0.3 is 39.4 Å². The highest BCUT2D eigenvalue weighted by atomic mass is 32.2. The molecule has 3 aromatic rings. The third-order valence-electron chi connectivity index (χ3n) is 7.88. The first-order valence-corrected chi connectivity index (χ1v) is 15.9. The first kappa shape index (κ1) is 32.1. The van der Waals surface area contributed by atoms with E-state index in [-0.39, 0.29) is 61.1 Å². The van der Waals surface area contributed by atoms with Crippen molar-refractivity contribution in [3.8, 4) is 17.2 Å². The van der Waals surface area contributed by atoms with Crippen LogP contribution in [0.1, 0.15) is 30.9 Å². The van der Waals surface area contributed by atoms with Gasteiger partial charge in [-0.05, 0) is 51.1 Å². The monoisotopic (exact) mass is 643 g/mol. The van der Waals surface area contributed by atoms with Crippen LogP contribution in [0.4, 0.5) is 16.2 Å². The van der Waals surface area contributed by atoms with E-state index >= 15 is 0 Å². The van der Waals surface area contributed by atoms with Crippen LogP contribution in [0, 0.1) is 19.8 Å². The summed E-state index contributed by atoms with van der Waals surface area (Å²) in [4.78, 5) is 27.9. The molecule has 5 rings (SSSR count). The average molecular weight is 644 g/mol. The number of carbonyl (C=O) groups is 2. The van der Waals surface area contributed by atoms with E-state index in [0.717, 1.165) is 0 Å². The maximum Gasteiger partial charge on any atom is 0.323 e. The smallest absolute Gasteiger partial charge is 0.323 e. The summed E-state index contributed by atoms with van der Waals surface area (Å²) in [6, 6.07) is 8.96. The van der Waals surface area contributed by atoms with Gasteiger partial charge in [-0.1, -0.05) is 12.1 Å². The zero-order valence-electron chi connectivity index (χ0n) is 25.7. The minimum absolute atomic E-state index is 0.00145. The minimum Gasteiger partial charge on any atom is -0.488 e. The summed E-state index contributed by atoms with van der Waals surface area (Å²) in [5.74, 6) is 1.10. The van der Waals surface area contributed by atoms with Crippen molar-refractivity contribution in [1.29, 1.82) is 0 Å². The van der Waals surface area contributed by atoms with Crippen molar-refractivity contribution >= 4 is 33.3 Å². The molecule has 0 saturated carbocycles. The van der Waals surface area contributed by atoms with Crippen LogP contribution in [-0.4, -0.2) is 85.5 Å². The van der Waals surface area contributed by atoms with Crippen LogP contribution in [0.2, 0.25) is 0 Å². The Morgan fingerprint density at radius 3 is 2.44 bits per heavy atom. The molecule has 0 fully saturated rings. The van der Waals surface area contributed by atoms with Crippen molar-refractivity contribution in [2.45, 2.75) is 51.2 Å². The third kappa shape index (κ3) is 6.84. The van der Waals surface area contributed by atoms with Gasteiger partial charge in [0.15, 0.2) is 17.3 Å². The lowest BCUT2D eigenvalue weighted by atomic mass is 10.0. The number of urea groups is 1. The summed E-state index contributed by atoms with van der Waals surface area (Å²) in [7, 11) is -2.52. The highest BCUT2D eigenvalue weighted by Gasteiger charge is 2.35. The van der Waals surface area contributed by atoms with E-state index in [1.54, 1.807) is 55.1 Å². The maximum atomic E-state index is 13.5. The number of hydrogen-bond donors (Lipinski definition) is 3. The number of rotatable bonds is 8. The Kier molecular flexibility index (Phi) is 9.23. The van der Waals surface area contributed by atoms with Crippen molar-refractivity contribution in [3.63, 3.8) is 0 Å². The minimum atomic E-state index is -3.97. The van der Waals surface area contributed by atoms with E-state index in [9.17, 15) is 23.1 Å². The predicted octanol–water partition coefficient (Wildman–Crippen LogP) is 3.13. The van der Waals surface area contributed by atoms with Crippen molar-refractivity contribution in [1.82, 2.24) is 14.4 Å². The van der Waals surface area contributed by atoms with E-state index in [4.69, 9.17) is 18.7 Å². The van der Waals surface area contributed by atoms with Gasteiger partial charge in [0.1, 0.15) is 22.4 Å². The number of sulfonamides is 1. The van der Waals surface area contributed by atoms with E-state index in [1.807, 2.05) is 6.92 Å². The topological polar surface area (TPSA) is 173 Å². The molecule has 0 saturated heterocycles. The van der Waals surface area contributed by atoms with Crippen LogP contribution >= 0.6 is 0 Å². The van der Waals surface area contributed by atoms with E-state index in [2.05, 4.69) is 15.8 Å². The highest BCUT2D eigenvalue weighted by molar-refractivity contribution is 7.89. The SMILES string of the molecule is Cc1noc(C)c1S(=O)(=O)N(C)C[C@@H]1Oc2ccc(NC(=O)Nc3ccc4c(c3)OCO4)cc2CC(=O)N([C@H](C)CO)C[C@H]1C. The number of aliphatic hydroxyl groups excluding tert-OH is 1. The Hall–Kier alpha value is -4.34. The molecular weight excluding hydrogens is 606 g/mol. The summed E-state index contributed by atoms with van der Waals surface area (Å²) in [6.07, 6.45) is -0.748. The zero-order chi connectivity index (χ0) is 32.5. The van der Waals surface area contributed by atoms with Crippen LogP contribution in [0.5, 0.6) is 17.2 Å². The molecule has 45 heavy (non-hydrogen) atoms. The number of benzene rings is 2. The Morgan fingerprint density at radius 1 is 1.11 bits per heavy atom. The second-order valence-corrected chi connectivity index (χ2v) is 13.3. The average Bonchev–Trinajstić information content (AvgIpc) is 3.61. The van der Waals surface area contributed by atoms with Crippen LogP contribution in [0.25, 0.3) is 0 Å². The number of anilines is 2. The molecule has 0 aliphatic carbocycles. The Bertz CT molecular complexity index is 1670. The van der Waals surface area contributed by atoms with Crippen molar-refractivity contribution in [2.75, 3.05) is 44.2 Å². The lowest BCUT2D eigenvalue weighted by molar-refractivity contribution is -0.134. The third-order valence-corrected chi connectivity index (χ3v) is 9.95. The first-order chi connectivity index (χ1) is 21.4. The van der Waals surface area contributed by atoms with Gasteiger partial charge in [-0.15, -0.1) is 0 Å². The molecule has 2 aliphatic rings. The van der Waals surface area contributed by atoms with Crippen molar-refractivity contribution < 1.29 is 41.8 Å². The molecule has 3 amide bonds. The summed E-state index contributed by atoms with van der Waals surface area (Å²) in [6.45, 7) is 6.76. The molecule has 14 nitrogen and oxygen atoms in total. The van der Waals surface area contributed by atoms with Crippen molar-refractivity contribution in [3.05, 3.63) is 53.4 Å². The maximum absolute atomic E-state index is 13.5. The fourth-order valence-corrected chi connectivity index (χ4v) is 6.81.